The van der Waals surface area contributed by atoms with Gasteiger partial charge in [-0.3, -0.25) is 14.9 Å². The molecular formula is C10H17N3O4. The standard InChI is InChI=1S/C7H6N2O4.C2H6.CH5N/c1-13-7-3-8-5(4-10)2-6(7)9(11)12;2*1-2/h2-4H,1H3;1-2H3;2H2,1H3. The van der Waals surface area contributed by atoms with E-state index in [2.05, 4.69) is 15.5 Å². The van der Waals surface area contributed by atoms with Gasteiger partial charge in [0, 0.05) is 6.07 Å². The fourth-order valence-corrected chi connectivity index (χ4v) is 0.812. The molecule has 1 aromatic rings. The van der Waals surface area contributed by atoms with Crippen LogP contribution in [0, 0.1) is 10.1 Å². The lowest BCUT2D eigenvalue weighted by atomic mass is 10.3. The molecule has 0 aromatic carbocycles. The van der Waals surface area contributed by atoms with Crippen LogP contribution in [0.15, 0.2) is 12.3 Å². The van der Waals surface area contributed by atoms with Crippen molar-refractivity contribution in [2.45, 2.75) is 13.8 Å². The minimum Gasteiger partial charge on any atom is -0.489 e. The van der Waals surface area contributed by atoms with Crippen LogP contribution in [-0.2, 0) is 0 Å². The summed E-state index contributed by atoms with van der Waals surface area (Å²) in [5.74, 6) is 0.0376. The Morgan fingerprint density at radius 2 is 2.00 bits per heavy atom. The molecule has 0 fully saturated rings. The first-order valence-corrected chi connectivity index (χ1v) is 4.90. The maximum absolute atomic E-state index is 10.4. The molecule has 1 rings (SSSR count). The number of hydrogen-bond acceptors (Lipinski definition) is 6. The van der Waals surface area contributed by atoms with Crippen molar-refractivity contribution in [3.8, 4) is 5.75 Å². The zero-order valence-electron chi connectivity index (χ0n) is 10.3. The van der Waals surface area contributed by atoms with E-state index in [-0.39, 0.29) is 17.1 Å². The lowest BCUT2D eigenvalue weighted by molar-refractivity contribution is -0.385. The van der Waals surface area contributed by atoms with Crippen molar-refractivity contribution in [1.82, 2.24) is 4.98 Å². The lowest BCUT2D eigenvalue weighted by Gasteiger charge is -1.99. The molecule has 7 nitrogen and oxygen atoms in total. The molecule has 0 aliphatic carbocycles. The van der Waals surface area contributed by atoms with Crippen LogP contribution in [0.5, 0.6) is 5.75 Å². The van der Waals surface area contributed by atoms with Gasteiger partial charge in [-0.2, -0.15) is 0 Å². The van der Waals surface area contributed by atoms with Gasteiger partial charge in [-0.05, 0) is 7.05 Å². The molecule has 0 radical (unpaired) electrons. The Bertz CT molecular complexity index is 355. The maximum Gasteiger partial charge on any atom is 0.314 e. The third-order valence-corrected chi connectivity index (χ3v) is 1.41. The van der Waals surface area contributed by atoms with Crippen LogP contribution in [0.3, 0.4) is 0 Å². The molecule has 1 aromatic heterocycles. The second-order valence-corrected chi connectivity index (χ2v) is 2.16. The number of nitrogens with two attached hydrogens (primary N) is 1. The van der Waals surface area contributed by atoms with E-state index in [1.165, 1.54) is 14.2 Å². The lowest BCUT2D eigenvalue weighted by Crippen LogP contribution is -1.97. The van der Waals surface area contributed by atoms with Crippen LogP contribution < -0.4 is 10.5 Å². The SMILES string of the molecule is CC.CN.COc1cnc(C=O)cc1[N+](=O)[O-]. The number of carbonyl (C=O) groups is 1. The van der Waals surface area contributed by atoms with Crippen molar-refractivity contribution in [3.05, 3.63) is 28.1 Å². The van der Waals surface area contributed by atoms with Crippen LogP contribution in [0.25, 0.3) is 0 Å². The average molecular weight is 243 g/mol. The summed E-state index contributed by atoms with van der Waals surface area (Å²) >= 11 is 0. The summed E-state index contributed by atoms with van der Waals surface area (Å²) in [5, 5.41) is 10.4. The molecule has 0 atom stereocenters. The van der Waals surface area contributed by atoms with E-state index in [0.29, 0.717) is 6.29 Å². The Morgan fingerprint density at radius 1 is 1.47 bits per heavy atom. The molecule has 1 heterocycles. The van der Waals surface area contributed by atoms with Crippen molar-refractivity contribution in [1.29, 1.82) is 0 Å². The smallest absolute Gasteiger partial charge is 0.314 e. The molecule has 0 saturated carbocycles. The Kier molecular flexibility index (Phi) is 10.7. The van der Waals surface area contributed by atoms with Gasteiger partial charge in [0.25, 0.3) is 0 Å². The van der Waals surface area contributed by atoms with E-state index >= 15 is 0 Å². The van der Waals surface area contributed by atoms with Crippen molar-refractivity contribution in [2.24, 2.45) is 5.73 Å². The molecule has 17 heavy (non-hydrogen) atoms. The predicted molar refractivity (Wildman–Crippen MR) is 64.3 cm³/mol. The normalized spacial score (nSPS) is 7.82. The van der Waals surface area contributed by atoms with Crippen LogP contribution in [0.4, 0.5) is 5.69 Å². The van der Waals surface area contributed by atoms with E-state index in [9.17, 15) is 14.9 Å². The molecule has 0 bridgehead atoms. The summed E-state index contributed by atoms with van der Waals surface area (Å²) in [6.45, 7) is 4.00. The van der Waals surface area contributed by atoms with Gasteiger partial charge < -0.3 is 10.5 Å². The molecule has 96 valence electrons. The first kappa shape index (κ1) is 17.4. The number of aldehydes is 1. The summed E-state index contributed by atoms with van der Waals surface area (Å²) in [4.78, 5) is 23.7. The number of methoxy groups -OCH3 is 1. The van der Waals surface area contributed by atoms with E-state index in [0.717, 1.165) is 12.3 Å². The van der Waals surface area contributed by atoms with Gasteiger partial charge in [0.05, 0.1) is 18.2 Å². The highest BCUT2D eigenvalue weighted by Crippen LogP contribution is 2.25. The Balaban J connectivity index is 0. The Labute approximate surface area is 99.8 Å². The fourth-order valence-electron chi connectivity index (χ4n) is 0.812. The second-order valence-electron chi connectivity index (χ2n) is 2.16. The highest BCUT2D eigenvalue weighted by atomic mass is 16.6. The maximum atomic E-state index is 10.4. The zero-order chi connectivity index (χ0) is 13.8. The number of aromatic nitrogens is 1. The fraction of sp³-hybridized carbons (Fsp3) is 0.400. The van der Waals surface area contributed by atoms with Gasteiger partial charge >= 0.3 is 5.69 Å². The van der Waals surface area contributed by atoms with Gasteiger partial charge in [-0.15, -0.1) is 0 Å². The third-order valence-electron chi connectivity index (χ3n) is 1.41. The van der Waals surface area contributed by atoms with Crippen molar-refractivity contribution < 1.29 is 14.5 Å². The van der Waals surface area contributed by atoms with E-state index in [1.807, 2.05) is 13.8 Å². The van der Waals surface area contributed by atoms with Crippen molar-refractivity contribution in [2.75, 3.05) is 14.2 Å². The quantitative estimate of drug-likeness (QED) is 0.488. The zero-order valence-corrected chi connectivity index (χ0v) is 10.3. The van der Waals surface area contributed by atoms with Gasteiger partial charge in [-0.25, -0.2) is 4.98 Å². The molecule has 0 spiro atoms. The number of ether oxygens (including phenoxy) is 1. The topological polar surface area (TPSA) is 108 Å². The van der Waals surface area contributed by atoms with E-state index in [1.54, 1.807) is 0 Å². The molecule has 0 saturated heterocycles. The Morgan fingerprint density at radius 3 is 2.35 bits per heavy atom. The first-order valence-electron chi connectivity index (χ1n) is 4.90. The number of carbonyl (C=O) groups excluding carboxylic acids is 1. The number of nitro groups is 1. The van der Waals surface area contributed by atoms with E-state index < -0.39 is 4.92 Å². The summed E-state index contributed by atoms with van der Waals surface area (Å²) in [6.07, 6.45) is 1.58. The average Bonchev–Trinajstić information content (AvgIpc) is 2.42. The highest BCUT2D eigenvalue weighted by molar-refractivity contribution is 5.73. The van der Waals surface area contributed by atoms with Crippen LogP contribution >= 0.6 is 0 Å². The summed E-state index contributed by atoms with van der Waals surface area (Å²) in [7, 11) is 2.80. The minimum atomic E-state index is -0.631. The third kappa shape index (κ3) is 5.57. The van der Waals surface area contributed by atoms with Crippen LogP contribution in [-0.4, -0.2) is 30.4 Å². The Hall–Kier alpha value is -2.02. The molecule has 0 aliphatic heterocycles. The highest BCUT2D eigenvalue weighted by Gasteiger charge is 2.15. The molecular weight excluding hydrogens is 226 g/mol. The molecule has 0 amide bonds. The van der Waals surface area contributed by atoms with Gasteiger partial charge in [0.1, 0.15) is 5.69 Å². The largest absolute Gasteiger partial charge is 0.489 e. The van der Waals surface area contributed by atoms with E-state index in [4.69, 9.17) is 0 Å². The van der Waals surface area contributed by atoms with Gasteiger partial charge in [0.15, 0.2) is 6.29 Å². The molecule has 0 aliphatic rings. The number of pyridine rings is 1. The number of nitrogens with zero attached hydrogens (tertiary/aromatic N) is 2. The number of rotatable bonds is 3. The molecule has 0 unspecified atom stereocenters. The van der Waals surface area contributed by atoms with Crippen LogP contribution in [0.1, 0.15) is 24.3 Å². The summed E-state index contributed by atoms with van der Waals surface area (Å²) < 4.78 is 4.69. The molecule has 7 heteroatoms. The monoisotopic (exact) mass is 243 g/mol. The summed E-state index contributed by atoms with van der Waals surface area (Å²) in [6, 6.07) is 1.06. The predicted octanol–water partition coefficient (Wildman–Crippen LogP) is 1.41. The van der Waals surface area contributed by atoms with Crippen molar-refractivity contribution in [3.63, 3.8) is 0 Å². The number of hydrogen-bond donors (Lipinski definition) is 1. The first-order chi connectivity index (χ1) is 8.19. The van der Waals surface area contributed by atoms with Crippen molar-refractivity contribution >= 4 is 12.0 Å². The molecule has 2 N–H and O–H groups in total. The van der Waals surface area contributed by atoms with Gasteiger partial charge in [-0.1, -0.05) is 13.8 Å². The summed E-state index contributed by atoms with van der Waals surface area (Å²) in [5.41, 5.74) is 4.24. The van der Waals surface area contributed by atoms with Crippen LogP contribution in [0.2, 0.25) is 0 Å². The second kappa shape index (κ2) is 10.5. The van der Waals surface area contributed by atoms with Gasteiger partial charge in [0.2, 0.25) is 5.75 Å². The minimum absolute atomic E-state index is 0.00694.